The minimum atomic E-state index is 0.702. The van der Waals surface area contributed by atoms with Crippen molar-refractivity contribution in [3.8, 4) is 0 Å². The molecule has 2 aromatic heterocycles. The summed E-state index contributed by atoms with van der Waals surface area (Å²) in [6, 6.07) is 7.91. The first-order valence-corrected chi connectivity index (χ1v) is 5.22. The molecule has 0 amide bonds. The van der Waals surface area contributed by atoms with Gasteiger partial charge in [-0.05, 0) is 26.0 Å². The van der Waals surface area contributed by atoms with Crippen molar-refractivity contribution < 1.29 is 4.52 Å². The van der Waals surface area contributed by atoms with Crippen molar-refractivity contribution in [2.75, 3.05) is 11.9 Å². The van der Waals surface area contributed by atoms with E-state index in [1.54, 1.807) is 0 Å². The third kappa shape index (κ3) is 2.39. The van der Waals surface area contributed by atoms with Crippen LogP contribution in [0, 0.1) is 13.8 Å². The zero-order valence-electron chi connectivity index (χ0n) is 9.77. The second kappa shape index (κ2) is 4.35. The first kappa shape index (κ1) is 10.7. The van der Waals surface area contributed by atoms with Crippen LogP contribution in [0.1, 0.15) is 17.1 Å². The minimum Gasteiger partial charge on any atom is -0.361 e. The molecule has 0 N–H and O–H groups in total. The van der Waals surface area contributed by atoms with E-state index in [4.69, 9.17) is 4.52 Å². The fraction of sp³-hybridized carbons (Fsp3) is 0.333. The average molecular weight is 217 g/mol. The highest BCUT2D eigenvalue weighted by molar-refractivity contribution is 5.38. The van der Waals surface area contributed by atoms with Crippen molar-refractivity contribution in [1.29, 1.82) is 0 Å². The summed E-state index contributed by atoms with van der Waals surface area (Å²) in [5.41, 5.74) is 1.93. The molecule has 2 rings (SSSR count). The lowest BCUT2D eigenvalue weighted by molar-refractivity contribution is 0.390. The molecule has 0 unspecified atom stereocenters. The maximum atomic E-state index is 5.03. The van der Waals surface area contributed by atoms with Crippen LogP contribution in [0.4, 0.5) is 5.82 Å². The van der Waals surface area contributed by atoms with Crippen LogP contribution >= 0.6 is 0 Å². The monoisotopic (exact) mass is 217 g/mol. The lowest BCUT2D eigenvalue weighted by atomic mass is 10.3. The Labute approximate surface area is 94.9 Å². The van der Waals surface area contributed by atoms with Gasteiger partial charge in [-0.25, -0.2) is 4.98 Å². The summed E-state index contributed by atoms with van der Waals surface area (Å²) >= 11 is 0. The van der Waals surface area contributed by atoms with E-state index in [9.17, 15) is 0 Å². The third-order valence-electron chi connectivity index (χ3n) is 2.34. The van der Waals surface area contributed by atoms with E-state index < -0.39 is 0 Å². The molecule has 0 aliphatic heterocycles. The van der Waals surface area contributed by atoms with Crippen LogP contribution in [-0.2, 0) is 6.54 Å². The van der Waals surface area contributed by atoms with Crippen LogP contribution < -0.4 is 4.90 Å². The van der Waals surface area contributed by atoms with Gasteiger partial charge in [0.1, 0.15) is 17.3 Å². The van der Waals surface area contributed by atoms with Crippen LogP contribution in [-0.4, -0.2) is 17.2 Å². The molecule has 16 heavy (non-hydrogen) atoms. The number of aromatic nitrogens is 2. The van der Waals surface area contributed by atoms with E-state index in [0.717, 1.165) is 23.0 Å². The van der Waals surface area contributed by atoms with Gasteiger partial charge in [0.25, 0.3) is 0 Å². The number of hydrogen-bond donors (Lipinski definition) is 0. The number of pyridine rings is 1. The Hall–Kier alpha value is -1.84. The van der Waals surface area contributed by atoms with Crippen molar-refractivity contribution in [2.24, 2.45) is 0 Å². The molecule has 0 saturated carbocycles. The van der Waals surface area contributed by atoms with Gasteiger partial charge >= 0.3 is 0 Å². The highest BCUT2D eigenvalue weighted by Crippen LogP contribution is 2.12. The SMILES string of the molecule is Cc1cccc(N(C)Cc2cc(C)on2)n1. The Kier molecular flexibility index (Phi) is 2.90. The van der Waals surface area contributed by atoms with Crippen LogP contribution in [0.3, 0.4) is 0 Å². The van der Waals surface area contributed by atoms with E-state index in [0.29, 0.717) is 6.54 Å². The summed E-state index contributed by atoms with van der Waals surface area (Å²) in [7, 11) is 1.99. The molecule has 4 nitrogen and oxygen atoms in total. The maximum absolute atomic E-state index is 5.03. The standard InChI is InChI=1S/C12H15N3O/c1-9-5-4-6-12(13-9)15(3)8-11-7-10(2)16-14-11/h4-7H,8H2,1-3H3. The Morgan fingerprint density at radius 2 is 2.12 bits per heavy atom. The molecular weight excluding hydrogens is 202 g/mol. The first-order valence-electron chi connectivity index (χ1n) is 5.22. The molecule has 0 fully saturated rings. The Bertz CT molecular complexity index is 479. The van der Waals surface area contributed by atoms with Crippen molar-refractivity contribution >= 4 is 5.82 Å². The average Bonchev–Trinajstić information content (AvgIpc) is 2.64. The summed E-state index contributed by atoms with van der Waals surface area (Å²) in [4.78, 5) is 6.49. The molecule has 0 atom stereocenters. The van der Waals surface area contributed by atoms with Gasteiger partial charge in [-0.15, -0.1) is 0 Å². The van der Waals surface area contributed by atoms with Gasteiger partial charge in [0, 0.05) is 18.8 Å². The van der Waals surface area contributed by atoms with Crippen molar-refractivity contribution in [1.82, 2.24) is 10.1 Å². The molecule has 0 radical (unpaired) electrons. The summed E-state index contributed by atoms with van der Waals surface area (Å²) in [5.74, 6) is 1.78. The topological polar surface area (TPSA) is 42.2 Å². The summed E-state index contributed by atoms with van der Waals surface area (Å²) in [5, 5.41) is 3.96. The highest BCUT2D eigenvalue weighted by Gasteiger charge is 2.06. The third-order valence-corrected chi connectivity index (χ3v) is 2.34. The predicted octanol–water partition coefficient (Wildman–Crippen LogP) is 2.32. The summed E-state index contributed by atoms with van der Waals surface area (Å²) in [6.07, 6.45) is 0. The second-order valence-electron chi connectivity index (χ2n) is 3.92. The molecule has 84 valence electrons. The zero-order chi connectivity index (χ0) is 11.5. The van der Waals surface area contributed by atoms with Gasteiger partial charge < -0.3 is 9.42 Å². The number of aryl methyl sites for hydroxylation is 2. The number of nitrogens with zero attached hydrogens (tertiary/aromatic N) is 3. The predicted molar refractivity (Wildman–Crippen MR) is 62.3 cm³/mol. The van der Waals surface area contributed by atoms with Gasteiger partial charge in [0.15, 0.2) is 0 Å². The Morgan fingerprint density at radius 3 is 2.75 bits per heavy atom. The van der Waals surface area contributed by atoms with Crippen LogP contribution in [0.5, 0.6) is 0 Å². The molecule has 2 heterocycles. The highest BCUT2D eigenvalue weighted by atomic mass is 16.5. The van der Waals surface area contributed by atoms with Gasteiger partial charge in [0.2, 0.25) is 0 Å². The zero-order valence-corrected chi connectivity index (χ0v) is 9.77. The first-order chi connectivity index (χ1) is 7.65. The van der Waals surface area contributed by atoms with E-state index in [2.05, 4.69) is 10.1 Å². The fourth-order valence-corrected chi connectivity index (χ4v) is 1.56. The van der Waals surface area contributed by atoms with Crippen molar-refractivity contribution in [3.63, 3.8) is 0 Å². The van der Waals surface area contributed by atoms with Gasteiger partial charge in [0.05, 0.1) is 6.54 Å². The Morgan fingerprint density at radius 1 is 1.31 bits per heavy atom. The van der Waals surface area contributed by atoms with Crippen molar-refractivity contribution in [2.45, 2.75) is 20.4 Å². The largest absolute Gasteiger partial charge is 0.361 e. The molecule has 0 aromatic carbocycles. The normalized spacial score (nSPS) is 10.4. The van der Waals surface area contributed by atoms with E-state index >= 15 is 0 Å². The maximum Gasteiger partial charge on any atom is 0.133 e. The Balaban J connectivity index is 2.11. The molecule has 0 saturated heterocycles. The quantitative estimate of drug-likeness (QED) is 0.791. The smallest absolute Gasteiger partial charge is 0.133 e. The van der Waals surface area contributed by atoms with E-state index in [-0.39, 0.29) is 0 Å². The second-order valence-corrected chi connectivity index (χ2v) is 3.92. The number of rotatable bonds is 3. The van der Waals surface area contributed by atoms with Gasteiger partial charge in [-0.3, -0.25) is 0 Å². The number of hydrogen-bond acceptors (Lipinski definition) is 4. The summed E-state index contributed by atoms with van der Waals surface area (Å²) in [6.45, 7) is 4.58. The van der Waals surface area contributed by atoms with Crippen LogP contribution in [0.2, 0.25) is 0 Å². The molecular formula is C12H15N3O. The lowest BCUT2D eigenvalue weighted by Crippen LogP contribution is -2.17. The molecule has 0 aliphatic carbocycles. The van der Waals surface area contributed by atoms with E-state index in [1.807, 2.05) is 50.1 Å². The fourth-order valence-electron chi connectivity index (χ4n) is 1.56. The molecule has 0 bridgehead atoms. The molecule has 4 heteroatoms. The lowest BCUT2D eigenvalue weighted by Gasteiger charge is -2.16. The summed E-state index contributed by atoms with van der Waals surface area (Å²) < 4.78 is 5.03. The van der Waals surface area contributed by atoms with Crippen LogP contribution in [0.25, 0.3) is 0 Å². The molecule has 2 aromatic rings. The van der Waals surface area contributed by atoms with Crippen LogP contribution in [0.15, 0.2) is 28.8 Å². The van der Waals surface area contributed by atoms with Crippen molar-refractivity contribution in [3.05, 3.63) is 41.4 Å². The van der Waals surface area contributed by atoms with E-state index in [1.165, 1.54) is 0 Å². The van der Waals surface area contributed by atoms with Gasteiger partial charge in [-0.1, -0.05) is 11.2 Å². The minimum absolute atomic E-state index is 0.702. The molecule has 0 spiro atoms. The number of anilines is 1. The van der Waals surface area contributed by atoms with Gasteiger partial charge in [-0.2, -0.15) is 0 Å². The molecule has 0 aliphatic rings.